The van der Waals surface area contributed by atoms with Crippen molar-refractivity contribution in [2.24, 2.45) is 5.41 Å². The monoisotopic (exact) mass is 314 g/mol. The molecule has 0 bridgehead atoms. The van der Waals surface area contributed by atoms with Crippen LogP contribution in [0.3, 0.4) is 0 Å². The van der Waals surface area contributed by atoms with Gasteiger partial charge >= 0.3 is 0 Å². The zero-order valence-electron chi connectivity index (χ0n) is 12.9. The molecule has 2 rings (SSSR count). The van der Waals surface area contributed by atoms with E-state index < -0.39 is 11.5 Å². The Morgan fingerprint density at radius 1 is 1.57 bits per heavy atom. The lowest BCUT2D eigenvalue weighted by molar-refractivity contribution is -0.0845. The van der Waals surface area contributed by atoms with Gasteiger partial charge in [0.25, 0.3) is 0 Å². The van der Waals surface area contributed by atoms with Gasteiger partial charge in [0.15, 0.2) is 0 Å². The Labute approximate surface area is 130 Å². The first kappa shape index (κ1) is 16.8. The second-order valence-electron chi connectivity index (χ2n) is 5.99. The first-order chi connectivity index (χ1) is 10.1. The summed E-state index contributed by atoms with van der Waals surface area (Å²) in [7, 11) is 1.68. The van der Waals surface area contributed by atoms with Gasteiger partial charge in [-0.3, -0.25) is 4.90 Å². The lowest BCUT2D eigenvalue weighted by atomic mass is 9.74. The second kappa shape index (κ2) is 7.65. The molecule has 0 radical (unpaired) electrons. The number of hydrogen-bond donors (Lipinski definition) is 2. The van der Waals surface area contributed by atoms with Crippen molar-refractivity contribution in [1.82, 2.24) is 9.88 Å². The highest BCUT2D eigenvalue weighted by Gasteiger charge is 2.41. The molecule has 1 aromatic rings. The summed E-state index contributed by atoms with van der Waals surface area (Å²) in [6.07, 6.45) is 1.91. The number of likely N-dealkylation sites (tertiary alicyclic amines) is 1. The highest BCUT2D eigenvalue weighted by atomic mass is 32.1. The van der Waals surface area contributed by atoms with E-state index in [9.17, 15) is 10.2 Å². The first-order valence-electron chi connectivity index (χ1n) is 7.51. The average Bonchev–Trinajstić information content (AvgIpc) is 2.88. The summed E-state index contributed by atoms with van der Waals surface area (Å²) < 4.78 is 5.10. The molecule has 5 nitrogen and oxygen atoms in total. The summed E-state index contributed by atoms with van der Waals surface area (Å²) in [4.78, 5) is 6.80. The number of aliphatic hydroxyl groups is 2. The fourth-order valence-electron chi connectivity index (χ4n) is 3.13. The maximum atomic E-state index is 10.4. The smallest absolute Gasteiger partial charge is 0.0897 e. The van der Waals surface area contributed by atoms with E-state index in [1.165, 1.54) is 0 Å². The van der Waals surface area contributed by atoms with Crippen molar-refractivity contribution in [2.75, 3.05) is 33.4 Å². The van der Waals surface area contributed by atoms with Crippen molar-refractivity contribution in [3.8, 4) is 0 Å². The number of nitrogens with zero attached hydrogens (tertiary/aromatic N) is 2. The van der Waals surface area contributed by atoms with Crippen molar-refractivity contribution in [2.45, 2.75) is 38.8 Å². The Kier molecular flexibility index (Phi) is 6.13. The van der Waals surface area contributed by atoms with Crippen LogP contribution in [0.25, 0.3) is 0 Å². The van der Waals surface area contributed by atoms with Crippen LogP contribution >= 0.6 is 11.3 Å². The molecule has 2 atom stereocenters. The number of rotatable bonds is 7. The summed E-state index contributed by atoms with van der Waals surface area (Å²) >= 11 is 1.66. The van der Waals surface area contributed by atoms with Gasteiger partial charge in [-0.15, -0.1) is 11.3 Å². The first-order valence-corrected chi connectivity index (χ1v) is 8.39. The van der Waals surface area contributed by atoms with E-state index in [4.69, 9.17) is 4.74 Å². The van der Waals surface area contributed by atoms with Gasteiger partial charge in [0.1, 0.15) is 0 Å². The molecule has 0 unspecified atom stereocenters. The molecule has 0 saturated carbocycles. The van der Waals surface area contributed by atoms with Crippen LogP contribution in [-0.2, 0) is 11.3 Å². The minimum absolute atomic E-state index is 0.0183. The molecule has 1 aromatic heterocycles. The molecule has 1 fully saturated rings. The van der Waals surface area contributed by atoms with Gasteiger partial charge in [-0.05, 0) is 26.2 Å². The van der Waals surface area contributed by atoms with E-state index in [0.29, 0.717) is 19.6 Å². The van der Waals surface area contributed by atoms with Crippen LogP contribution in [0.5, 0.6) is 0 Å². The van der Waals surface area contributed by atoms with Gasteiger partial charge in [0.05, 0.1) is 23.4 Å². The quantitative estimate of drug-likeness (QED) is 0.745. The number of aliphatic hydroxyl groups excluding tert-OH is 2. The SMILES string of the molecule is COCCC[C@@]1(CO)CN(Cc2csc(C)n2)CC[C@H]1O. The van der Waals surface area contributed by atoms with Gasteiger partial charge in [-0.1, -0.05) is 0 Å². The van der Waals surface area contributed by atoms with Crippen molar-refractivity contribution in [1.29, 1.82) is 0 Å². The fraction of sp³-hybridized carbons (Fsp3) is 0.800. The minimum atomic E-state index is -0.437. The molecule has 2 heterocycles. The van der Waals surface area contributed by atoms with E-state index in [0.717, 1.165) is 36.6 Å². The van der Waals surface area contributed by atoms with Gasteiger partial charge < -0.3 is 14.9 Å². The molecule has 0 spiro atoms. The zero-order chi connectivity index (χ0) is 15.3. The molecular weight excluding hydrogens is 288 g/mol. The summed E-state index contributed by atoms with van der Waals surface area (Å²) in [5.41, 5.74) is 0.652. The number of aromatic nitrogens is 1. The van der Waals surface area contributed by atoms with Crippen LogP contribution < -0.4 is 0 Å². The van der Waals surface area contributed by atoms with Crippen molar-refractivity contribution in [3.63, 3.8) is 0 Å². The van der Waals surface area contributed by atoms with Crippen LogP contribution in [0.4, 0.5) is 0 Å². The second-order valence-corrected chi connectivity index (χ2v) is 7.05. The number of aryl methyl sites for hydroxylation is 1. The predicted octanol–water partition coefficient (Wildman–Crippen LogP) is 1.42. The lowest BCUT2D eigenvalue weighted by Crippen LogP contribution is -2.53. The number of hydrogen-bond acceptors (Lipinski definition) is 6. The molecule has 0 aliphatic carbocycles. The summed E-state index contributed by atoms with van der Waals surface area (Å²) in [6.45, 7) is 5.05. The molecule has 6 heteroatoms. The average molecular weight is 314 g/mol. The third-order valence-electron chi connectivity index (χ3n) is 4.35. The van der Waals surface area contributed by atoms with Crippen LogP contribution in [0.2, 0.25) is 0 Å². The Balaban J connectivity index is 1.99. The van der Waals surface area contributed by atoms with Crippen LogP contribution in [0.1, 0.15) is 30.0 Å². The Hall–Kier alpha value is -0.530. The largest absolute Gasteiger partial charge is 0.396 e. The van der Waals surface area contributed by atoms with E-state index in [1.807, 2.05) is 6.92 Å². The van der Waals surface area contributed by atoms with Crippen molar-refractivity contribution < 1.29 is 14.9 Å². The van der Waals surface area contributed by atoms with E-state index in [2.05, 4.69) is 15.3 Å². The Morgan fingerprint density at radius 3 is 3.00 bits per heavy atom. The van der Waals surface area contributed by atoms with Crippen molar-refractivity contribution in [3.05, 3.63) is 16.1 Å². The molecule has 2 N–H and O–H groups in total. The minimum Gasteiger partial charge on any atom is -0.396 e. The predicted molar refractivity (Wildman–Crippen MR) is 83.4 cm³/mol. The van der Waals surface area contributed by atoms with E-state index in [-0.39, 0.29) is 6.61 Å². The zero-order valence-corrected chi connectivity index (χ0v) is 13.7. The van der Waals surface area contributed by atoms with Crippen LogP contribution in [-0.4, -0.2) is 59.6 Å². The molecule has 1 aliphatic rings. The third-order valence-corrected chi connectivity index (χ3v) is 5.18. The van der Waals surface area contributed by atoms with E-state index >= 15 is 0 Å². The maximum absolute atomic E-state index is 10.4. The molecule has 0 aromatic carbocycles. The molecule has 0 amide bonds. The van der Waals surface area contributed by atoms with Gasteiger partial charge in [-0.2, -0.15) is 0 Å². The van der Waals surface area contributed by atoms with Gasteiger partial charge in [-0.25, -0.2) is 4.98 Å². The topological polar surface area (TPSA) is 65.8 Å². The molecular formula is C15H26N2O3S. The molecule has 21 heavy (non-hydrogen) atoms. The number of piperidine rings is 1. The number of thiazole rings is 1. The third kappa shape index (κ3) is 4.23. The maximum Gasteiger partial charge on any atom is 0.0897 e. The van der Waals surface area contributed by atoms with Crippen LogP contribution in [0, 0.1) is 12.3 Å². The number of methoxy groups -OCH3 is 1. The standard InChI is InChI=1S/C15H26N2O3S/c1-12-16-13(9-21-12)8-17-6-4-14(19)15(10-17,11-18)5-3-7-20-2/h9,14,18-19H,3-8,10-11H2,1-2H3/t14-,15+/m1/s1. The highest BCUT2D eigenvalue weighted by Crippen LogP contribution is 2.35. The molecule has 1 aliphatic heterocycles. The van der Waals surface area contributed by atoms with Gasteiger partial charge in [0.2, 0.25) is 0 Å². The normalized spacial score (nSPS) is 27.1. The summed E-state index contributed by atoms with van der Waals surface area (Å²) in [6, 6.07) is 0. The van der Waals surface area contributed by atoms with Gasteiger partial charge in [0, 0.05) is 44.1 Å². The Bertz CT molecular complexity index is 440. The van der Waals surface area contributed by atoms with Crippen LogP contribution in [0.15, 0.2) is 5.38 Å². The van der Waals surface area contributed by atoms with Crippen molar-refractivity contribution >= 4 is 11.3 Å². The summed E-state index contributed by atoms with van der Waals surface area (Å²) in [5.74, 6) is 0. The van der Waals surface area contributed by atoms with E-state index in [1.54, 1.807) is 18.4 Å². The Morgan fingerprint density at radius 2 is 2.38 bits per heavy atom. The lowest BCUT2D eigenvalue weighted by Gasteiger charge is -2.45. The molecule has 120 valence electrons. The molecule has 1 saturated heterocycles. The highest BCUT2D eigenvalue weighted by molar-refractivity contribution is 7.09. The fourth-order valence-corrected chi connectivity index (χ4v) is 3.74. The number of ether oxygens (including phenoxy) is 1. The summed E-state index contributed by atoms with van der Waals surface area (Å²) in [5, 5.41) is 23.4.